The lowest BCUT2D eigenvalue weighted by atomic mass is 9.99. The van der Waals surface area contributed by atoms with E-state index in [4.69, 9.17) is 0 Å². The molecule has 0 spiro atoms. The van der Waals surface area contributed by atoms with Gasteiger partial charge >= 0.3 is 0 Å². The van der Waals surface area contributed by atoms with Crippen molar-refractivity contribution >= 4 is 10.9 Å². The Morgan fingerprint density at radius 3 is 2.47 bits per heavy atom. The third-order valence-corrected chi connectivity index (χ3v) is 2.44. The minimum Gasteiger partial charge on any atom is -0.278 e. The van der Waals surface area contributed by atoms with Gasteiger partial charge in [0.15, 0.2) is 0 Å². The highest BCUT2D eigenvalue weighted by Gasteiger charge is 2.04. The van der Waals surface area contributed by atoms with E-state index in [1.165, 1.54) is 16.5 Å². The van der Waals surface area contributed by atoms with Gasteiger partial charge in [0.2, 0.25) is 0 Å². The lowest BCUT2D eigenvalue weighted by Gasteiger charge is -2.06. The fourth-order valence-corrected chi connectivity index (χ4v) is 1.60. The molecule has 0 saturated heterocycles. The first kappa shape index (κ1) is 11.8. The second kappa shape index (κ2) is 4.96. The van der Waals surface area contributed by atoms with E-state index in [0.717, 1.165) is 5.52 Å². The quantitative estimate of drug-likeness (QED) is 0.746. The van der Waals surface area contributed by atoms with Crippen molar-refractivity contribution in [3.8, 4) is 0 Å². The molecular formula is C13H20N2. The second-order valence-corrected chi connectivity index (χ2v) is 3.83. The summed E-state index contributed by atoms with van der Waals surface area (Å²) in [5, 5.41) is 8.25. The van der Waals surface area contributed by atoms with Crippen LogP contribution in [0.5, 0.6) is 0 Å². The molecule has 0 aliphatic carbocycles. The second-order valence-electron chi connectivity index (χ2n) is 3.83. The van der Waals surface area contributed by atoms with Crippen molar-refractivity contribution in [3.05, 3.63) is 29.5 Å². The molecule has 2 rings (SSSR count). The van der Waals surface area contributed by atoms with Gasteiger partial charge in [0, 0.05) is 5.39 Å². The van der Waals surface area contributed by atoms with Crippen LogP contribution in [0.15, 0.2) is 18.3 Å². The van der Waals surface area contributed by atoms with Gasteiger partial charge in [0.1, 0.15) is 0 Å². The van der Waals surface area contributed by atoms with E-state index in [9.17, 15) is 0 Å². The fraction of sp³-hybridized carbons (Fsp3) is 0.462. The lowest BCUT2D eigenvalue weighted by molar-refractivity contribution is 0.867. The SMILES string of the molecule is CC.Cc1cc(C(C)C)cc2cn[nH]c12. The standard InChI is InChI=1S/C11H14N2.C2H6/c1-7(2)9-4-8(3)11-10(5-9)6-12-13-11;1-2/h4-7H,1-3H3,(H,12,13);1-2H3. The molecule has 1 heterocycles. The maximum Gasteiger partial charge on any atom is 0.0679 e. The smallest absolute Gasteiger partial charge is 0.0679 e. The number of hydrogen-bond acceptors (Lipinski definition) is 1. The Hall–Kier alpha value is -1.31. The molecule has 0 aliphatic rings. The number of aryl methyl sites for hydroxylation is 1. The number of nitrogens with one attached hydrogen (secondary N) is 1. The zero-order chi connectivity index (χ0) is 11.4. The van der Waals surface area contributed by atoms with Crippen LogP contribution in [0.4, 0.5) is 0 Å². The van der Waals surface area contributed by atoms with Crippen molar-refractivity contribution in [2.45, 2.75) is 40.5 Å². The predicted octanol–water partition coefficient (Wildman–Crippen LogP) is 4.02. The van der Waals surface area contributed by atoms with Crippen LogP contribution in [0.3, 0.4) is 0 Å². The normalized spacial score (nSPS) is 10.3. The maximum absolute atomic E-state index is 4.04. The molecule has 82 valence electrons. The van der Waals surface area contributed by atoms with Gasteiger partial charge in [-0.2, -0.15) is 5.10 Å². The van der Waals surface area contributed by atoms with Crippen LogP contribution in [0.1, 0.15) is 44.7 Å². The Morgan fingerprint density at radius 2 is 1.87 bits per heavy atom. The van der Waals surface area contributed by atoms with E-state index < -0.39 is 0 Å². The van der Waals surface area contributed by atoms with Crippen molar-refractivity contribution < 1.29 is 0 Å². The number of aromatic amines is 1. The van der Waals surface area contributed by atoms with Crippen LogP contribution in [-0.2, 0) is 0 Å². The van der Waals surface area contributed by atoms with Crippen molar-refractivity contribution in [1.82, 2.24) is 10.2 Å². The van der Waals surface area contributed by atoms with Crippen molar-refractivity contribution in [2.75, 3.05) is 0 Å². The minimum absolute atomic E-state index is 0.581. The van der Waals surface area contributed by atoms with Crippen LogP contribution in [-0.4, -0.2) is 10.2 Å². The molecule has 2 nitrogen and oxygen atoms in total. The molecule has 2 aromatic rings. The highest BCUT2D eigenvalue weighted by molar-refractivity contribution is 5.82. The summed E-state index contributed by atoms with van der Waals surface area (Å²) >= 11 is 0. The van der Waals surface area contributed by atoms with Gasteiger partial charge in [-0.15, -0.1) is 0 Å². The highest BCUT2D eigenvalue weighted by atomic mass is 15.1. The average Bonchev–Trinajstić information content (AvgIpc) is 2.69. The van der Waals surface area contributed by atoms with E-state index in [-0.39, 0.29) is 0 Å². The Kier molecular flexibility index (Phi) is 3.89. The van der Waals surface area contributed by atoms with E-state index in [1.807, 2.05) is 20.0 Å². The number of hydrogen-bond donors (Lipinski definition) is 1. The summed E-state index contributed by atoms with van der Waals surface area (Å²) < 4.78 is 0. The zero-order valence-electron chi connectivity index (χ0n) is 10.3. The van der Waals surface area contributed by atoms with Crippen molar-refractivity contribution in [2.24, 2.45) is 0 Å². The third kappa shape index (κ3) is 2.38. The van der Waals surface area contributed by atoms with Gasteiger partial charge in [-0.25, -0.2) is 0 Å². The summed E-state index contributed by atoms with van der Waals surface area (Å²) in [6, 6.07) is 4.43. The average molecular weight is 204 g/mol. The number of rotatable bonds is 1. The van der Waals surface area contributed by atoms with Gasteiger partial charge in [-0.3, -0.25) is 5.10 Å². The van der Waals surface area contributed by atoms with Gasteiger partial charge in [0.05, 0.1) is 11.7 Å². The Balaban J connectivity index is 0.000000531. The van der Waals surface area contributed by atoms with E-state index in [1.54, 1.807) is 0 Å². The lowest BCUT2D eigenvalue weighted by Crippen LogP contribution is -1.88. The van der Waals surface area contributed by atoms with Crippen molar-refractivity contribution in [3.63, 3.8) is 0 Å². The number of fused-ring (bicyclic) bond motifs is 1. The van der Waals surface area contributed by atoms with Crippen LogP contribution in [0.25, 0.3) is 10.9 Å². The molecular weight excluding hydrogens is 184 g/mol. The topological polar surface area (TPSA) is 28.7 Å². The molecule has 0 unspecified atom stereocenters. The summed E-state index contributed by atoms with van der Waals surface area (Å²) in [4.78, 5) is 0. The number of nitrogens with zero attached hydrogens (tertiary/aromatic N) is 1. The van der Waals surface area contributed by atoms with E-state index in [2.05, 4.69) is 43.1 Å². The summed E-state index contributed by atoms with van der Waals surface area (Å²) in [6.07, 6.45) is 1.88. The first-order valence-corrected chi connectivity index (χ1v) is 5.62. The summed E-state index contributed by atoms with van der Waals surface area (Å²) in [7, 11) is 0. The van der Waals surface area contributed by atoms with Gasteiger partial charge < -0.3 is 0 Å². The molecule has 1 N–H and O–H groups in total. The zero-order valence-corrected chi connectivity index (χ0v) is 10.3. The van der Waals surface area contributed by atoms with Crippen LogP contribution in [0.2, 0.25) is 0 Å². The molecule has 0 aliphatic heterocycles. The Morgan fingerprint density at radius 1 is 1.20 bits per heavy atom. The maximum atomic E-state index is 4.04. The molecule has 1 aromatic heterocycles. The first-order chi connectivity index (χ1) is 7.18. The van der Waals surface area contributed by atoms with E-state index in [0.29, 0.717) is 5.92 Å². The summed E-state index contributed by atoms with van der Waals surface area (Å²) in [5.74, 6) is 0.581. The molecule has 0 atom stereocenters. The third-order valence-electron chi connectivity index (χ3n) is 2.44. The van der Waals surface area contributed by atoms with Crippen LogP contribution >= 0.6 is 0 Å². The Bertz CT molecular complexity index is 427. The largest absolute Gasteiger partial charge is 0.278 e. The van der Waals surface area contributed by atoms with Gasteiger partial charge in [-0.05, 0) is 30.0 Å². The molecule has 0 saturated carbocycles. The van der Waals surface area contributed by atoms with Crippen LogP contribution < -0.4 is 0 Å². The first-order valence-electron chi connectivity index (χ1n) is 5.62. The monoisotopic (exact) mass is 204 g/mol. The van der Waals surface area contributed by atoms with E-state index >= 15 is 0 Å². The van der Waals surface area contributed by atoms with Crippen molar-refractivity contribution in [1.29, 1.82) is 0 Å². The predicted molar refractivity (Wildman–Crippen MR) is 66.3 cm³/mol. The number of aromatic nitrogens is 2. The molecule has 0 radical (unpaired) electrons. The fourth-order valence-electron chi connectivity index (χ4n) is 1.60. The van der Waals surface area contributed by atoms with Crippen LogP contribution in [0, 0.1) is 6.92 Å². The van der Waals surface area contributed by atoms with Gasteiger partial charge in [0.25, 0.3) is 0 Å². The summed E-state index contributed by atoms with van der Waals surface area (Å²) in [6.45, 7) is 10.5. The molecule has 0 bridgehead atoms. The molecule has 0 amide bonds. The Labute approximate surface area is 91.7 Å². The molecule has 15 heavy (non-hydrogen) atoms. The molecule has 1 aromatic carbocycles. The number of H-pyrrole nitrogens is 1. The highest BCUT2D eigenvalue weighted by Crippen LogP contribution is 2.22. The minimum atomic E-state index is 0.581. The number of benzene rings is 1. The molecule has 2 heteroatoms. The summed E-state index contributed by atoms with van der Waals surface area (Å²) in [5.41, 5.74) is 3.81. The van der Waals surface area contributed by atoms with Gasteiger partial charge in [-0.1, -0.05) is 33.8 Å². The molecule has 0 fully saturated rings.